The van der Waals surface area contributed by atoms with Crippen LogP contribution in [0.2, 0.25) is 5.02 Å². The topological polar surface area (TPSA) is 144 Å². The Balaban J connectivity index is 1.46. The predicted octanol–water partition coefficient (Wildman–Crippen LogP) is 4.32. The molecule has 4 N–H and O–H groups in total. The van der Waals surface area contributed by atoms with Crippen molar-refractivity contribution >= 4 is 46.1 Å². The molecule has 0 radical (unpaired) electrons. The maximum Gasteiger partial charge on any atom is 0.412 e. The van der Waals surface area contributed by atoms with E-state index in [1.165, 1.54) is 22.8 Å². The molecule has 0 unspecified atom stereocenters. The zero-order chi connectivity index (χ0) is 29.6. The molecule has 214 valence electrons. The van der Waals surface area contributed by atoms with Crippen molar-refractivity contribution < 1.29 is 24.2 Å². The van der Waals surface area contributed by atoms with E-state index in [-0.39, 0.29) is 41.1 Å². The van der Waals surface area contributed by atoms with Crippen molar-refractivity contribution in [2.45, 2.75) is 30.9 Å². The summed E-state index contributed by atoms with van der Waals surface area (Å²) < 4.78 is 7.22. The number of amides is 3. The van der Waals surface area contributed by atoms with Crippen LogP contribution in [0.1, 0.15) is 40.4 Å². The minimum Gasteiger partial charge on any atom is -0.507 e. The van der Waals surface area contributed by atoms with Crippen molar-refractivity contribution in [3.63, 3.8) is 0 Å². The third kappa shape index (κ3) is 4.83. The van der Waals surface area contributed by atoms with E-state index >= 15 is 0 Å². The molecule has 1 saturated heterocycles. The number of aromatic nitrogens is 1. The lowest BCUT2D eigenvalue weighted by atomic mass is 9.83. The third-order valence-corrected chi connectivity index (χ3v) is 8.18. The van der Waals surface area contributed by atoms with E-state index in [1.807, 2.05) is 30.3 Å². The van der Waals surface area contributed by atoms with Gasteiger partial charge in [-0.1, -0.05) is 41.9 Å². The molecular weight excluding hydrogens is 560 g/mol. The highest BCUT2D eigenvalue weighted by Crippen LogP contribution is 2.44. The summed E-state index contributed by atoms with van der Waals surface area (Å²) >= 11 is 6.32. The van der Waals surface area contributed by atoms with Gasteiger partial charge in [0, 0.05) is 40.6 Å². The zero-order valence-corrected chi connectivity index (χ0v) is 23.1. The Kier molecular flexibility index (Phi) is 6.86. The number of carbonyl (C=O) groups is 3. The van der Waals surface area contributed by atoms with Crippen LogP contribution < -0.4 is 16.6 Å². The average molecular weight is 587 g/mol. The van der Waals surface area contributed by atoms with Crippen LogP contribution in [0.4, 0.5) is 10.5 Å². The molecule has 1 spiro atoms. The monoisotopic (exact) mass is 586 g/mol. The number of anilines is 1. The first-order valence-electron chi connectivity index (χ1n) is 13.5. The molecule has 6 rings (SSSR count). The number of nitrogens with one attached hydrogen (secondary N) is 1. The van der Waals surface area contributed by atoms with Gasteiger partial charge in [-0.3, -0.25) is 24.3 Å². The summed E-state index contributed by atoms with van der Waals surface area (Å²) in [6, 6.07) is 18.8. The number of piperidine rings is 1. The summed E-state index contributed by atoms with van der Waals surface area (Å²) in [6.07, 6.45) is 0.574. The van der Waals surface area contributed by atoms with E-state index in [9.17, 15) is 24.3 Å². The van der Waals surface area contributed by atoms with E-state index in [0.29, 0.717) is 35.7 Å². The van der Waals surface area contributed by atoms with Crippen LogP contribution >= 0.6 is 11.6 Å². The number of likely N-dealkylation sites (tertiary alicyclic amines) is 1. The van der Waals surface area contributed by atoms with Crippen LogP contribution in [0.3, 0.4) is 0 Å². The van der Waals surface area contributed by atoms with Crippen molar-refractivity contribution in [1.82, 2.24) is 9.47 Å². The first-order valence-corrected chi connectivity index (χ1v) is 13.8. The van der Waals surface area contributed by atoms with Gasteiger partial charge in [-0.05, 0) is 54.8 Å². The Morgan fingerprint density at radius 2 is 1.86 bits per heavy atom. The molecule has 4 aromatic rings. The fourth-order valence-electron chi connectivity index (χ4n) is 6.03. The summed E-state index contributed by atoms with van der Waals surface area (Å²) in [5.74, 6) is -1.38. The summed E-state index contributed by atoms with van der Waals surface area (Å²) in [6.45, 7) is 0.442. The van der Waals surface area contributed by atoms with Crippen LogP contribution in [-0.2, 0) is 21.6 Å². The van der Waals surface area contributed by atoms with E-state index in [1.54, 1.807) is 23.1 Å². The van der Waals surface area contributed by atoms with Gasteiger partial charge in [0.25, 0.3) is 5.56 Å². The number of fused-ring (bicyclic) bond motifs is 3. The maximum atomic E-state index is 14.5. The zero-order valence-electron chi connectivity index (χ0n) is 22.4. The number of carbonyl (C=O) groups excluding carboxylic acids is 3. The number of primary amides is 1. The predicted molar refractivity (Wildman–Crippen MR) is 157 cm³/mol. The van der Waals surface area contributed by atoms with Gasteiger partial charge in [0.1, 0.15) is 11.8 Å². The van der Waals surface area contributed by atoms with Gasteiger partial charge in [0.15, 0.2) is 5.60 Å². The van der Waals surface area contributed by atoms with Crippen LogP contribution in [0.25, 0.3) is 10.9 Å². The molecule has 3 aromatic carbocycles. The fourth-order valence-corrected chi connectivity index (χ4v) is 6.20. The number of aromatic hydroxyl groups is 1. The molecule has 10 nitrogen and oxygen atoms in total. The number of benzene rings is 3. The molecule has 42 heavy (non-hydrogen) atoms. The number of nitrogens with two attached hydrogens (primary N) is 1. The summed E-state index contributed by atoms with van der Waals surface area (Å²) in [5, 5.41) is 14.0. The standard InChI is InChI=1S/C31H27ClN4O6/c32-20-8-9-23-22(15-20)31(42-30(41)34-23)11-4-12-35(17-31)29(40)25(13-18-5-2-1-3-6-18)36-24-10-7-19(28(33)39)14-21(24)26(37)16-27(36)38/h1-3,5-10,14-16,25,37H,4,11-13,17H2,(H2,33,39)(H,34,41)/t25-,31-/m0/s1. The van der Waals surface area contributed by atoms with E-state index in [2.05, 4.69) is 5.32 Å². The number of rotatable bonds is 5. The minimum atomic E-state index is -1.12. The normalized spacial score (nSPS) is 18.7. The molecule has 0 saturated carbocycles. The van der Waals surface area contributed by atoms with Crippen molar-refractivity contribution in [1.29, 1.82) is 0 Å². The first-order chi connectivity index (χ1) is 20.1. The molecule has 3 heterocycles. The fraction of sp³-hybridized carbons (Fsp3) is 0.226. The molecule has 3 amide bonds. The number of ether oxygens (including phenoxy) is 1. The molecule has 2 aliphatic heterocycles. The van der Waals surface area contributed by atoms with Gasteiger partial charge in [-0.15, -0.1) is 0 Å². The minimum absolute atomic E-state index is 0.0640. The lowest BCUT2D eigenvalue weighted by molar-refractivity contribution is -0.142. The quantitative estimate of drug-likeness (QED) is 0.318. The van der Waals surface area contributed by atoms with Crippen LogP contribution in [0.15, 0.2) is 77.6 Å². The summed E-state index contributed by atoms with van der Waals surface area (Å²) in [4.78, 5) is 54.0. The largest absolute Gasteiger partial charge is 0.507 e. The SMILES string of the molecule is NC(=O)c1ccc2c(c1)c(O)cc(=O)n2[C@@H](Cc1ccccc1)C(=O)N1CCC[C@@]2(C1)OC(=O)Nc1ccc(Cl)cc12. The van der Waals surface area contributed by atoms with Gasteiger partial charge in [-0.25, -0.2) is 4.79 Å². The Hall–Kier alpha value is -4.83. The van der Waals surface area contributed by atoms with Gasteiger partial charge in [0.05, 0.1) is 17.7 Å². The number of pyridine rings is 1. The van der Waals surface area contributed by atoms with Crippen molar-refractivity contribution in [2.75, 3.05) is 18.4 Å². The molecule has 1 fully saturated rings. The molecule has 2 aliphatic rings. The molecule has 2 atom stereocenters. The van der Waals surface area contributed by atoms with E-state index in [0.717, 1.165) is 11.6 Å². The Bertz CT molecular complexity index is 1810. The van der Waals surface area contributed by atoms with E-state index < -0.39 is 29.2 Å². The Labute approximate surface area is 245 Å². The maximum absolute atomic E-state index is 14.5. The van der Waals surface area contributed by atoms with Gasteiger partial charge in [0.2, 0.25) is 11.8 Å². The van der Waals surface area contributed by atoms with Crippen LogP contribution in [0, 0.1) is 0 Å². The van der Waals surface area contributed by atoms with Crippen molar-refractivity contribution in [3.05, 3.63) is 105 Å². The molecule has 11 heteroatoms. The summed E-state index contributed by atoms with van der Waals surface area (Å²) in [7, 11) is 0. The molecule has 0 aliphatic carbocycles. The highest BCUT2D eigenvalue weighted by Gasteiger charge is 2.47. The number of halogens is 1. The second-order valence-corrected chi connectivity index (χ2v) is 11.0. The van der Waals surface area contributed by atoms with Gasteiger partial charge < -0.3 is 20.5 Å². The second-order valence-electron chi connectivity index (χ2n) is 10.6. The first kappa shape index (κ1) is 27.3. The average Bonchev–Trinajstić information content (AvgIpc) is 2.97. The summed E-state index contributed by atoms with van der Waals surface area (Å²) in [5.41, 5.74) is 6.23. The molecule has 0 bridgehead atoms. The molecular formula is C31H27ClN4O6. The molecule has 1 aromatic heterocycles. The lowest BCUT2D eigenvalue weighted by Crippen LogP contribution is -2.54. The number of hydrogen-bond acceptors (Lipinski definition) is 6. The number of hydrogen-bond donors (Lipinski definition) is 3. The van der Waals surface area contributed by atoms with Crippen molar-refractivity contribution in [2.24, 2.45) is 5.73 Å². The third-order valence-electron chi connectivity index (χ3n) is 7.95. The second kappa shape index (κ2) is 10.5. The van der Waals surface area contributed by atoms with Crippen LogP contribution in [0.5, 0.6) is 5.75 Å². The highest BCUT2D eigenvalue weighted by molar-refractivity contribution is 6.30. The smallest absolute Gasteiger partial charge is 0.412 e. The Morgan fingerprint density at radius 3 is 2.62 bits per heavy atom. The lowest BCUT2D eigenvalue weighted by Gasteiger charge is -2.45. The van der Waals surface area contributed by atoms with Gasteiger partial charge >= 0.3 is 6.09 Å². The Morgan fingerprint density at radius 1 is 1.07 bits per heavy atom. The highest BCUT2D eigenvalue weighted by atomic mass is 35.5. The van der Waals surface area contributed by atoms with Crippen LogP contribution in [-0.4, -0.2) is 45.6 Å². The van der Waals surface area contributed by atoms with Crippen molar-refractivity contribution in [3.8, 4) is 5.75 Å². The van der Waals surface area contributed by atoms with E-state index in [4.69, 9.17) is 22.1 Å². The number of nitrogens with zero attached hydrogens (tertiary/aromatic N) is 2. The van der Waals surface area contributed by atoms with Gasteiger partial charge in [-0.2, -0.15) is 0 Å².